The number of anilines is 1. The van der Waals surface area contributed by atoms with Crippen LogP contribution >= 0.6 is 0 Å². The third-order valence-corrected chi connectivity index (χ3v) is 7.12. The molecule has 0 bridgehead atoms. The van der Waals surface area contributed by atoms with Crippen molar-refractivity contribution in [3.63, 3.8) is 0 Å². The van der Waals surface area contributed by atoms with Crippen molar-refractivity contribution in [3.8, 4) is 0 Å². The first kappa shape index (κ1) is 22.3. The highest BCUT2D eigenvalue weighted by Crippen LogP contribution is 2.41. The van der Waals surface area contributed by atoms with Crippen molar-refractivity contribution in [3.05, 3.63) is 45.8 Å². The van der Waals surface area contributed by atoms with Crippen LogP contribution in [0.25, 0.3) is 11.6 Å². The zero-order valence-electron chi connectivity index (χ0n) is 18.2. The van der Waals surface area contributed by atoms with Gasteiger partial charge in [0.2, 0.25) is 0 Å². The van der Waals surface area contributed by atoms with Crippen LogP contribution in [-0.4, -0.2) is 51.5 Å². The van der Waals surface area contributed by atoms with Crippen molar-refractivity contribution in [2.45, 2.75) is 32.1 Å². The number of benzene rings is 1. The molecular weight excluding hydrogens is 432 g/mol. The van der Waals surface area contributed by atoms with Crippen LogP contribution in [0.4, 0.5) is 5.69 Å². The lowest BCUT2D eigenvalue weighted by Gasteiger charge is -2.19. The van der Waals surface area contributed by atoms with Gasteiger partial charge < -0.3 is 20.9 Å². The van der Waals surface area contributed by atoms with Gasteiger partial charge in [0.15, 0.2) is 0 Å². The number of hydrogen-bond acceptors (Lipinski definition) is 6. The third kappa shape index (κ3) is 3.85. The molecule has 9 nitrogen and oxygen atoms in total. The number of aromatic nitrogens is 1. The summed E-state index contributed by atoms with van der Waals surface area (Å²) in [6.45, 7) is 7.67. The molecule has 2 aliphatic rings. The fraction of sp³-hybridized carbons (Fsp3) is 0.364. The molecule has 0 fully saturated rings. The molecule has 0 aliphatic carbocycles. The number of amides is 2. The summed E-state index contributed by atoms with van der Waals surface area (Å²) < 4.78 is 29.6. The van der Waals surface area contributed by atoms with Gasteiger partial charge >= 0.3 is 0 Å². The molecular formula is C22H26N4O5S. The van der Waals surface area contributed by atoms with Gasteiger partial charge in [-0.15, -0.1) is 0 Å². The van der Waals surface area contributed by atoms with Crippen molar-refractivity contribution in [1.82, 2.24) is 15.6 Å². The van der Waals surface area contributed by atoms with Crippen LogP contribution in [0, 0.1) is 13.8 Å². The molecule has 1 aromatic carbocycles. The minimum Gasteiger partial charge on any atom is -0.358 e. The largest absolute Gasteiger partial charge is 0.358 e. The lowest BCUT2D eigenvalue weighted by molar-refractivity contribution is -0.110. The Morgan fingerprint density at radius 2 is 2.03 bits per heavy atom. The molecule has 0 spiro atoms. The molecule has 2 amide bonds. The third-order valence-electron chi connectivity index (χ3n) is 5.72. The average molecular weight is 459 g/mol. The Balaban J connectivity index is 1.73. The summed E-state index contributed by atoms with van der Waals surface area (Å²) in [6.07, 6.45) is 2.06. The first-order valence-electron chi connectivity index (χ1n) is 10.5. The fourth-order valence-electron chi connectivity index (χ4n) is 4.21. The number of carbonyl (C=O) groups excluding carboxylic acids is 2. The molecule has 0 atom stereocenters. The lowest BCUT2D eigenvalue weighted by atomic mass is 9.97. The van der Waals surface area contributed by atoms with Crippen LogP contribution in [0.3, 0.4) is 0 Å². The van der Waals surface area contributed by atoms with E-state index in [9.17, 15) is 18.0 Å². The zero-order chi connectivity index (χ0) is 23.0. The topological polar surface area (TPSA) is 129 Å². The van der Waals surface area contributed by atoms with Crippen LogP contribution in [0.2, 0.25) is 0 Å². The van der Waals surface area contributed by atoms with Gasteiger partial charge in [0.05, 0.1) is 22.6 Å². The molecule has 2 aliphatic heterocycles. The predicted molar refractivity (Wildman–Crippen MR) is 121 cm³/mol. The van der Waals surface area contributed by atoms with Gasteiger partial charge in [0, 0.05) is 35.7 Å². The maximum Gasteiger partial charge on any atom is 0.297 e. The minimum atomic E-state index is -3.84. The van der Waals surface area contributed by atoms with E-state index in [4.69, 9.17) is 4.18 Å². The molecule has 32 heavy (non-hydrogen) atoms. The van der Waals surface area contributed by atoms with Gasteiger partial charge in [0.25, 0.3) is 21.9 Å². The second-order valence-electron chi connectivity index (χ2n) is 7.78. The molecule has 2 aromatic rings. The summed E-state index contributed by atoms with van der Waals surface area (Å²) in [4.78, 5) is 28.7. The molecule has 170 valence electrons. The standard InChI is InChI=1S/C22H26N4O5S/c1-4-23-8-9-24-22(28)19-12(2)17(25-13(19)3)11-15-20-14-7-10-31-32(29,30)18(14)6-5-16(20)26-21(15)27/h5-6,11,23,25H,4,7-10H2,1-3H3,(H,24,28)(H,26,27)/b15-11-. The highest BCUT2D eigenvalue weighted by atomic mass is 32.2. The Morgan fingerprint density at radius 3 is 2.78 bits per heavy atom. The number of aryl methyl sites for hydroxylation is 1. The van der Waals surface area contributed by atoms with Crippen LogP contribution < -0.4 is 16.0 Å². The quantitative estimate of drug-likeness (QED) is 0.296. The Hall–Kier alpha value is -2.95. The smallest absolute Gasteiger partial charge is 0.297 e. The van der Waals surface area contributed by atoms with Crippen LogP contribution in [0.15, 0.2) is 17.0 Å². The number of H-pyrrole nitrogens is 1. The zero-order valence-corrected chi connectivity index (χ0v) is 19.0. The van der Waals surface area contributed by atoms with E-state index in [-0.39, 0.29) is 23.3 Å². The molecule has 4 rings (SSSR count). The second kappa shape index (κ2) is 8.53. The number of carbonyl (C=O) groups is 2. The molecule has 0 unspecified atom stereocenters. The van der Waals surface area contributed by atoms with Gasteiger partial charge in [0.1, 0.15) is 0 Å². The van der Waals surface area contributed by atoms with Gasteiger partial charge in [-0.3, -0.25) is 13.8 Å². The van der Waals surface area contributed by atoms with Crippen LogP contribution in [0.5, 0.6) is 0 Å². The van der Waals surface area contributed by atoms with Crippen molar-refractivity contribution in [2.75, 3.05) is 31.6 Å². The molecule has 0 saturated carbocycles. The molecule has 10 heteroatoms. The summed E-state index contributed by atoms with van der Waals surface area (Å²) in [5.41, 5.74) is 4.65. The fourth-order valence-corrected chi connectivity index (χ4v) is 5.38. The van der Waals surface area contributed by atoms with E-state index < -0.39 is 10.1 Å². The maximum atomic E-state index is 12.8. The first-order valence-corrected chi connectivity index (χ1v) is 11.9. The van der Waals surface area contributed by atoms with Gasteiger partial charge in [-0.25, -0.2) is 0 Å². The van der Waals surface area contributed by atoms with Gasteiger partial charge in [-0.2, -0.15) is 8.42 Å². The predicted octanol–water partition coefficient (Wildman–Crippen LogP) is 1.72. The second-order valence-corrected chi connectivity index (χ2v) is 9.36. The number of fused-ring (bicyclic) bond motifs is 3. The highest BCUT2D eigenvalue weighted by Gasteiger charge is 2.34. The van der Waals surface area contributed by atoms with E-state index in [0.29, 0.717) is 58.8 Å². The van der Waals surface area contributed by atoms with Crippen molar-refractivity contribution in [1.29, 1.82) is 0 Å². The SMILES string of the molecule is CCNCCNC(=O)c1c(C)[nH]c(/C=C2\C(=O)Nc3ccc4c(c32)CCOS4(=O)=O)c1C. The first-order chi connectivity index (χ1) is 15.2. The van der Waals surface area contributed by atoms with E-state index >= 15 is 0 Å². The van der Waals surface area contributed by atoms with Crippen LogP contribution in [0.1, 0.15) is 45.4 Å². The monoisotopic (exact) mass is 458 g/mol. The number of likely N-dealkylation sites (N-methyl/N-ethyl adjacent to an activating group) is 1. The lowest BCUT2D eigenvalue weighted by Crippen LogP contribution is -2.32. The number of aromatic amines is 1. The number of rotatable bonds is 6. The maximum absolute atomic E-state index is 12.8. The summed E-state index contributed by atoms with van der Waals surface area (Å²) in [7, 11) is -3.84. The molecule has 4 N–H and O–H groups in total. The van der Waals surface area contributed by atoms with Crippen molar-refractivity contribution < 1.29 is 22.2 Å². The molecule has 1 aromatic heterocycles. The van der Waals surface area contributed by atoms with Gasteiger partial charge in [-0.1, -0.05) is 6.92 Å². The minimum absolute atomic E-state index is 0.0328. The Kier molecular flexibility index (Phi) is 5.93. The van der Waals surface area contributed by atoms with E-state index in [0.717, 1.165) is 12.1 Å². The van der Waals surface area contributed by atoms with Crippen molar-refractivity contribution >= 4 is 39.3 Å². The Bertz CT molecular complexity index is 1240. The number of nitrogens with one attached hydrogen (secondary N) is 4. The van der Waals surface area contributed by atoms with E-state index in [1.807, 2.05) is 20.8 Å². The molecule has 3 heterocycles. The van der Waals surface area contributed by atoms with E-state index in [1.54, 1.807) is 12.1 Å². The van der Waals surface area contributed by atoms with Crippen LogP contribution in [-0.2, 0) is 25.5 Å². The summed E-state index contributed by atoms with van der Waals surface area (Å²) >= 11 is 0. The van der Waals surface area contributed by atoms with Crippen molar-refractivity contribution in [2.24, 2.45) is 0 Å². The van der Waals surface area contributed by atoms with E-state index in [2.05, 4.69) is 20.9 Å². The Morgan fingerprint density at radius 1 is 1.25 bits per heavy atom. The summed E-state index contributed by atoms with van der Waals surface area (Å²) in [5, 5.41) is 8.85. The summed E-state index contributed by atoms with van der Waals surface area (Å²) in [6, 6.07) is 3.04. The Labute approximate surface area is 186 Å². The summed E-state index contributed by atoms with van der Waals surface area (Å²) in [5.74, 6) is -0.503. The van der Waals surface area contributed by atoms with Gasteiger partial charge in [-0.05, 0) is 56.1 Å². The normalized spacial score (nSPS) is 17.7. The highest BCUT2D eigenvalue weighted by molar-refractivity contribution is 7.86. The molecule has 0 saturated heterocycles. The molecule has 0 radical (unpaired) electrons. The van der Waals surface area contributed by atoms with E-state index in [1.165, 1.54) is 6.07 Å². The average Bonchev–Trinajstić information content (AvgIpc) is 3.20. The number of hydrogen-bond donors (Lipinski definition) is 4.